The smallest absolute Gasteiger partial charge is 0.360 e. The van der Waals surface area contributed by atoms with Crippen molar-refractivity contribution in [2.24, 2.45) is 0 Å². The van der Waals surface area contributed by atoms with Crippen LogP contribution >= 0.6 is 23.2 Å². The summed E-state index contributed by atoms with van der Waals surface area (Å²) in [5.41, 5.74) is 1.61. The van der Waals surface area contributed by atoms with E-state index in [1.54, 1.807) is 24.0 Å². The molecule has 0 atom stereocenters. The third kappa shape index (κ3) is 3.80. The van der Waals surface area contributed by atoms with Gasteiger partial charge in [0.05, 0.1) is 16.7 Å². The number of hydrogen-bond acceptors (Lipinski definition) is 5. The molecule has 0 spiro atoms. The van der Waals surface area contributed by atoms with Crippen LogP contribution in [0.1, 0.15) is 39.1 Å². The quantitative estimate of drug-likeness (QED) is 0.740. The first kappa shape index (κ1) is 17.8. The van der Waals surface area contributed by atoms with Crippen molar-refractivity contribution >= 4 is 35.1 Å². The van der Waals surface area contributed by atoms with Gasteiger partial charge in [0.1, 0.15) is 5.76 Å². The molecule has 1 aromatic heterocycles. The molecule has 0 aliphatic carbocycles. The summed E-state index contributed by atoms with van der Waals surface area (Å²) in [6.07, 6.45) is 1.16. The molecule has 0 saturated carbocycles. The maximum absolute atomic E-state index is 12.6. The Balaban J connectivity index is 1.65. The summed E-state index contributed by atoms with van der Waals surface area (Å²) in [6.45, 7) is 3.03. The molecule has 8 heteroatoms. The Hall–Kier alpha value is -2.05. The molecule has 0 radical (unpaired) electrons. The predicted molar refractivity (Wildman–Crippen MR) is 92.2 cm³/mol. The summed E-state index contributed by atoms with van der Waals surface area (Å²) in [4.78, 5) is 25.9. The maximum atomic E-state index is 12.6. The fourth-order valence-electron chi connectivity index (χ4n) is 2.71. The van der Waals surface area contributed by atoms with E-state index in [2.05, 4.69) is 5.16 Å². The van der Waals surface area contributed by atoms with Crippen molar-refractivity contribution in [3.05, 3.63) is 50.8 Å². The number of carbonyl (C=O) groups excluding carboxylic acids is 2. The van der Waals surface area contributed by atoms with Gasteiger partial charge in [-0.3, -0.25) is 4.79 Å². The number of fused-ring (bicyclic) bond motifs is 1. The fraction of sp³-hybridized carbons (Fsp3) is 0.353. The molecule has 1 aliphatic rings. The Bertz CT molecular complexity index is 819. The van der Waals surface area contributed by atoms with E-state index >= 15 is 0 Å². The van der Waals surface area contributed by atoms with E-state index in [9.17, 15) is 9.59 Å². The summed E-state index contributed by atoms with van der Waals surface area (Å²) in [5, 5.41) is 4.51. The highest BCUT2D eigenvalue weighted by Gasteiger charge is 2.25. The van der Waals surface area contributed by atoms with Gasteiger partial charge in [-0.15, -0.1) is 0 Å². The minimum Gasteiger partial charge on any atom is -0.461 e. The first-order chi connectivity index (χ1) is 12.0. The lowest BCUT2D eigenvalue weighted by Gasteiger charge is -2.28. The monoisotopic (exact) mass is 382 g/mol. The molecule has 0 fully saturated rings. The zero-order chi connectivity index (χ0) is 18.0. The van der Waals surface area contributed by atoms with Gasteiger partial charge in [0.25, 0.3) is 5.91 Å². The van der Waals surface area contributed by atoms with Gasteiger partial charge in [-0.2, -0.15) is 0 Å². The molecule has 3 rings (SSSR count). The maximum Gasteiger partial charge on any atom is 0.360 e. The number of nitrogens with zero attached hydrogens (tertiary/aromatic N) is 2. The molecule has 1 aromatic carbocycles. The van der Waals surface area contributed by atoms with E-state index in [-0.39, 0.29) is 18.2 Å². The Morgan fingerprint density at radius 3 is 2.84 bits per heavy atom. The Morgan fingerprint density at radius 2 is 2.08 bits per heavy atom. The molecule has 25 heavy (non-hydrogen) atoms. The largest absolute Gasteiger partial charge is 0.461 e. The highest BCUT2D eigenvalue weighted by molar-refractivity contribution is 6.42. The van der Waals surface area contributed by atoms with Crippen LogP contribution in [0.15, 0.2) is 22.7 Å². The average molecular weight is 383 g/mol. The van der Waals surface area contributed by atoms with Crippen LogP contribution in [0.25, 0.3) is 0 Å². The van der Waals surface area contributed by atoms with Crippen LogP contribution in [0, 0.1) is 0 Å². The summed E-state index contributed by atoms with van der Waals surface area (Å²) in [6, 6.07) is 4.90. The van der Waals surface area contributed by atoms with Crippen molar-refractivity contribution in [3.63, 3.8) is 0 Å². The van der Waals surface area contributed by atoms with E-state index in [1.165, 1.54) is 6.07 Å². The van der Waals surface area contributed by atoms with Crippen LogP contribution < -0.4 is 0 Å². The van der Waals surface area contributed by atoms with E-state index in [4.69, 9.17) is 32.5 Å². The standard InChI is InChI=1S/C17H16Cl2N2O4/c1-2-24-17(23)15-8-11(25-20-15)4-6-21-5-3-10-7-13(18)14(19)9-12(10)16(21)22/h7-9H,2-6H2,1H3. The number of halogens is 2. The SMILES string of the molecule is CCOC(=O)c1cc(CCN2CCc3cc(Cl)c(Cl)cc3C2=O)on1. The van der Waals surface area contributed by atoms with Crippen LogP contribution in [0.2, 0.25) is 10.0 Å². The van der Waals surface area contributed by atoms with Gasteiger partial charge in [0, 0.05) is 31.1 Å². The molecule has 0 unspecified atom stereocenters. The molecule has 6 nitrogen and oxygen atoms in total. The molecule has 0 bridgehead atoms. The van der Waals surface area contributed by atoms with Gasteiger partial charge < -0.3 is 14.2 Å². The number of benzene rings is 1. The van der Waals surface area contributed by atoms with E-state index < -0.39 is 5.97 Å². The number of rotatable bonds is 5. The van der Waals surface area contributed by atoms with Gasteiger partial charge in [0.15, 0.2) is 5.69 Å². The van der Waals surface area contributed by atoms with E-state index in [0.717, 1.165) is 5.56 Å². The number of esters is 1. The van der Waals surface area contributed by atoms with Gasteiger partial charge in [-0.25, -0.2) is 4.79 Å². The van der Waals surface area contributed by atoms with E-state index in [1.807, 2.05) is 0 Å². The highest BCUT2D eigenvalue weighted by Crippen LogP contribution is 2.29. The molecule has 2 heterocycles. The number of ether oxygens (including phenoxy) is 1. The van der Waals surface area contributed by atoms with Crippen molar-refractivity contribution in [1.29, 1.82) is 0 Å². The second-order valence-corrected chi connectivity index (χ2v) is 6.43. The topological polar surface area (TPSA) is 72.6 Å². The van der Waals surface area contributed by atoms with Gasteiger partial charge in [-0.1, -0.05) is 28.4 Å². The molecular weight excluding hydrogens is 367 g/mol. The number of amides is 1. The molecule has 1 amide bonds. The van der Waals surface area contributed by atoms with Gasteiger partial charge >= 0.3 is 5.97 Å². The third-order valence-electron chi connectivity index (χ3n) is 3.99. The van der Waals surface area contributed by atoms with Crippen LogP contribution in [0.5, 0.6) is 0 Å². The number of carbonyl (C=O) groups is 2. The Morgan fingerprint density at radius 1 is 1.32 bits per heavy atom. The van der Waals surface area contributed by atoms with Gasteiger partial charge in [0.2, 0.25) is 0 Å². The zero-order valence-corrected chi connectivity index (χ0v) is 15.1. The zero-order valence-electron chi connectivity index (χ0n) is 13.6. The molecule has 2 aromatic rings. The van der Waals surface area contributed by atoms with Crippen molar-refractivity contribution in [1.82, 2.24) is 10.1 Å². The average Bonchev–Trinajstić information content (AvgIpc) is 3.05. The minimum atomic E-state index is -0.521. The lowest BCUT2D eigenvalue weighted by molar-refractivity contribution is 0.0514. The Kier molecular flexibility index (Phi) is 5.30. The van der Waals surface area contributed by atoms with Crippen molar-refractivity contribution in [2.45, 2.75) is 19.8 Å². The summed E-state index contributed by atoms with van der Waals surface area (Å²) in [7, 11) is 0. The van der Waals surface area contributed by atoms with Crippen LogP contribution in [0.3, 0.4) is 0 Å². The fourth-order valence-corrected chi connectivity index (χ4v) is 3.06. The summed E-state index contributed by atoms with van der Waals surface area (Å²) < 4.78 is 10.00. The van der Waals surface area contributed by atoms with Crippen LogP contribution in [-0.4, -0.2) is 41.6 Å². The lowest BCUT2D eigenvalue weighted by Crippen LogP contribution is -2.38. The molecular formula is C17H16Cl2N2O4. The van der Waals surface area contributed by atoms with E-state index in [0.29, 0.717) is 47.3 Å². The Labute approximate surface area is 154 Å². The van der Waals surface area contributed by atoms with Crippen LogP contribution in [-0.2, 0) is 17.6 Å². The minimum absolute atomic E-state index is 0.0926. The summed E-state index contributed by atoms with van der Waals surface area (Å²) >= 11 is 12.0. The first-order valence-corrected chi connectivity index (χ1v) is 8.65. The second kappa shape index (κ2) is 7.45. The lowest BCUT2D eigenvalue weighted by atomic mass is 9.99. The summed E-state index contributed by atoms with van der Waals surface area (Å²) in [5.74, 6) is -0.0901. The number of hydrogen-bond donors (Lipinski definition) is 0. The first-order valence-electron chi connectivity index (χ1n) is 7.89. The predicted octanol–water partition coefficient (Wildman–Crippen LogP) is 3.40. The molecule has 132 valence electrons. The van der Waals surface area contributed by atoms with Crippen molar-refractivity contribution in [3.8, 4) is 0 Å². The normalized spacial score (nSPS) is 13.7. The molecule has 0 saturated heterocycles. The molecule has 1 aliphatic heterocycles. The second-order valence-electron chi connectivity index (χ2n) is 5.61. The number of aromatic nitrogens is 1. The van der Waals surface area contributed by atoms with Crippen LogP contribution in [0.4, 0.5) is 0 Å². The van der Waals surface area contributed by atoms with Crippen molar-refractivity contribution < 1.29 is 18.8 Å². The molecule has 0 N–H and O–H groups in total. The van der Waals surface area contributed by atoms with Crippen molar-refractivity contribution in [2.75, 3.05) is 19.7 Å². The third-order valence-corrected chi connectivity index (χ3v) is 4.71. The highest BCUT2D eigenvalue weighted by atomic mass is 35.5. The van der Waals surface area contributed by atoms with Gasteiger partial charge in [-0.05, 0) is 31.0 Å².